The van der Waals surface area contributed by atoms with Gasteiger partial charge in [-0.15, -0.1) is 0 Å². The maximum atomic E-state index is 12.8. The average Bonchev–Trinajstić information content (AvgIpc) is 2.85. The minimum absolute atomic E-state index is 0.333. The number of hydrogen-bond donors (Lipinski definition) is 2. The summed E-state index contributed by atoms with van der Waals surface area (Å²) < 4.78 is 10.6. The van der Waals surface area contributed by atoms with E-state index in [1.165, 1.54) is 18.4 Å². The molecule has 0 radical (unpaired) electrons. The Bertz CT molecular complexity index is 1060. The van der Waals surface area contributed by atoms with E-state index in [1.54, 1.807) is 0 Å². The number of methoxy groups -OCH3 is 1. The van der Waals surface area contributed by atoms with Crippen LogP contribution in [-0.4, -0.2) is 63.3 Å². The third-order valence-corrected chi connectivity index (χ3v) is 6.29. The van der Waals surface area contributed by atoms with Gasteiger partial charge in [0.15, 0.2) is 0 Å². The van der Waals surface area contributed by atoms with Crippen LogP contribution in [0.2, 0.25) is 0 Å². The van der Waals surface area contributed by atoms with Crippen LogP contribution in [0.4, 0.5) is 10.5 Å². The second-order valence-corrected chi connectivity index (χ2v) is 8.47. The highest BCUT2D eigenvalue weighted by molar-refractivity contribution is 5.95. The highest BCUT2D eigenvalue weighted by atomic mass is 16.5. The van der Waals surface area contributed by atoms with Crippen LogP contribution in [-0.2, 0) is 9.53 Å². The second kappa shape index (κ2) is 10.6. The van der Waals surface area contributed by atoms with E-state index in [4.69, 9.17) is 9.47 Å². The van der Waals surface area contributed by atoms with Gasteiger partial charge in [0.1, 0.15) is 5.75 Å². The van der Waals surface area contributed by atoms with Crippen LogP contribution >= 0.6 is 0 Å². The molecule has 2 heterocycles. The topological polar surface area (TPSA) is 83.1 Å². The van der Waals surface area contributed by atoms with E-state index in [-0.39, 0.29) is 6.03 Å². The monoisotopic (exact) mass is 464 g/mol. The molecular weight excluding hydrogens is 432 g/mol. The number of amides is 2. The molecule has 2 N–H and O–H groups in total. The van der Waals surface area contributed by atoms with Gasteiger partial charge in [0.05, 0.1) is 25.3 Å². The van der Waals surface area contributed by atoms with E-state index >= 15 is 0 Å². The van der Waals surface area contributed by atoms with Gasteiger partial charge in [-0.1, -0.05) is 30.3 Å². The number of para-hydroxylation sites is 1. The van der Waals surface area contributed by atoms with Crippen molar-refractivity contribution < 1.29 is 19.1 Å². The van der Waals surface area contributed by atoms with Crippen molar-refractivity contribution in [2.75, 3.05) is 51.3 Å². The van der Waals surface area contributed by atoms with E-state index < -0.39 is 12.0 Å². The van der Waals surface area contributed by atoms with Crippen LogP contribution in [0.25, 0.3) is 0 Å². The summed E-state index contributed by atoms with van der Waals surface area (Å²) in [5.41, 5.74) is 4.31. The molecule has 2 aliphatic rings. The van der Waals surface area contributed by atoms with E-state index in [2.05, 4.69) is 51.6 Å². The van der Waals surface area contributed by atoms with Crippen molar-refractivity contribution in [1.82, 2.24) is 15.5 Å². The number of hydrogen-bond acceptors (Lipinski definition) is 6. The molecule has 2 aromatic carbocycles. The molecule has 2 amide bonds. The number of carbonyl (C=O) groups excluding carboxylic acids is 2. The molecule has 2 aliphatic heterocycles. The lowest BCUT2D eigenvalue weighted by molar-refractivity contribution is -0.136. The molecule has 34 heavy (non-hydrogen) atoms. The zero-order valence-electron chi connectivity index (χ0n) is 20.0. The number of piperazine rings is 1. The summed E-state index contributed by atoms with van der Waals surface area (Å²) in [6, 6.07) is 14.9. The molecule has 1 saturated heterocycles. The molecule has 8 heteroatoms. The van der Waals surface area contributed by atoms with Crippen molar-refractivity contribution in [3.63, 3.8) is 0 Å². The van der Waals surface area contributed by atoms with Gasteiger partial charge in [-0.3, -0.25) is 4.90 Å². The van der Waals surface area contributed by atoms with Crippen molar-refractivity contribution in [2.24, 2.45) is 0 Å². The number of aryl methyl sites for hydroxylation is 1. The van der Waals surface area contributed by atoms with Crippen molar-refractivity contribution in [3.05, 3.63) is 70.9 Å². The molecule has 0 spiro atoms. The predicted octanol–water partition coefficient (Wildman–Crippen LogP) is 3.00. The summed E-state index contributed by atoms with van der Waals surface area (Å²) in [6.07, 6.45) is 0. The average molecular weight is 465 g/mol. The summed E-state index contributed by atoms with van der Waals surface area (Å²) in [5, 5.41) is 5.74. The van der Waals surface area contributed by atoms with Gasteiger partial charge in [0, 0.05) is 44.1 Å². The number of anilines is 1. The minimum Gasteiger partial charge on any atom is -0.494 e. The second-order valence-electron chi connectivity index (χ2n) is 8.47. The third kappa shape index (κ3) is 5.17. The SMILES string of the molecule is CCOc1ccc(C2NC(=O)NC(CN3CCN(c4ccccc4C)CC3)=C2C(=O)OC)cc1. The molecule has 0 bridgehead atoms. The Kier molecular flexibility index (Phi) is 7.37. The molecule has 1 unspecified atom stereocenters. The summed E-state index contributed by atoms with van der Waals surface area (Å²) in [4.78, 5) is 30.0. The first kappa shape index (κ1) is 23.6. The van der Waals surface area contributed by atoms with Crippen LogP contribution in [0.15, 0.2) is 59.8 Å². The van der Waals surface area contributed by atoms with Crippen LogP contribution < -0.4 is 20.3 Å². The van der Waals surface area contributed by atoms with Crippen molar-refractivity contribution in [1.29, 1.82) is 0 Å². The first-order chi connectivity index (χ1) is 16.5. The zero-order chi connectivity index (χ0) is 24.1. The summed E-state index contributed by atoms with van der Waals surface area (Å²) in [6.45, 7) is 8.48. The normalized spacial score (nSPS) is 18.9. The summed E-state index contributed by atoms with van der Waals surface area (Å²) in [5.74, 6) is 0.279. The van der Waals surface area contributed by atoms with E-state index in [1.807, 2.05) is 31.2 Å². The van der Waals surface area contributed by atoms with Crippen LogP contribution in [0, 0.1) is 6.92 Å². The smallest absolute Gasteiger partial charge is 0.338 e. The Morgan fingerprint density at radius 1 is 1.06 bits per heavy atom. The lowest BCUT2D eigenvalue weighted by Crippen LogP contribution is -2.51. The van der Waals surface area contributed by atoms with Gasteiger partial charge in [-0.25, -0.2) is 9.59 Å². The fraction of sp³-hybridized carbons (Fsp3) is 0.385. The molecule has 1 atom stereocenters. The van der Waals surface area contributed by atoms with Crippen LogP contribution in [0.3, 0.4) is 0 Å². The maximum Gasteiger partial charge on any atom is 0.338 e. The fourth-order valence-corrected chi connectivity index (χ4v) is 4.56. The number of nitrogens with zero attached hydrogens (tertiary/aromatic N) is 2. The van der Waals surface area contributed by atoms with Gasteiger partial charge >= 0.3 is 12.0 Å². The van der Waals surface area contributed by atoms with E-state index in [0.717, 1.165) is 37.5 Å². The number of benzene rings is 2. The number of ether oxygens (including phenoxy) is 2. The van der Waals surface area contributed by atoms with E-state index in [0.29, 0.717) is 24.4 Å². The van der Waals surface area contributed by atoms with Crippen molar-refractivity contribution >= 4 is 17.7 Å². The number of nitrogens with one attached hydrogen (secondary N) is 2. The number of rotatable bonds is 7. The third-order valence-electron chi connectivity index (χ3n) is 6.29. The molecule has 0 saturated carbocycles. The quantitative estimate of drug-likeness (QED) is 0.613. The first-order valence-corrected chi connectivity index (χ1v) is 11.6. The zero-order valence-corrected chi connectivity index (χ0v) is 20.0. The Morgan fingerprint density at radius 3 is 2.41 bits per heavy atom. The number of esters is 1. The largest absolute Gasteiger partial charge is 0.494 e. The minimum atomic E-state index is -0.597. The summed E-state index contributed by atoms with van der Waals surface area (Å²) >= 11 is 0. The van der Waals surface area contributed by atoms with Crippen LogP contribution in [0.1, 0.15) is 24.1 Å². The standard InChI is InChI=1S/C26H32N4O4/c1-4-34-20-11-9-19(10-12-20)24-23(25(31)33-3)21(27-26(32)28-24)17-29-13-15-30(16-14-29)22-8-6-5-7-18(22)2/h5-12,24H,4,13-17H2,1-3H3,(H2,27,28,32). The van der Waals surface area contributed by atoms with Gasteiger partial charge in [-0.05, 0) is 43.2 Å². The maximum absolute atomic E-state index is 12.8. The molecule has 4 rings (SSSR count). The lowest BCUT2D eigenvalue weighted by Gasteiger charge is -2.38. The number of carbonyl (C=O) groups is 2. The molecule has 2 aromatic rings. The molecule has 0 aromatic heterocycles. The van der Waals surface area contributed by atoms with Gasteiger partial charge in [0.2, 0.25) is 0 Å². The van der Waals surface area contributed by atoms with Crippen molar-refractivity contribution in [2.45, 2.75) is 19.9 Å². The lowest BCUT2D eigenvalue weighted by atomic mass is 9.95. The van der Waals surface area contributed by atoms with Gasteiger partial charge in [0.25, 0.3) is 0 Å². The molecule has 1 fully saturated rings. The Balaban J connectivity index is 1.54. The molecular formula is C26H32N4O4. The number of urea groups is 1. The Labute approximate surface area is 200 Å². The summed E-state index contributed by atoms with van der Waals surface area (Å²) in [7, 11) is 1.36. The Morgan fingerprint density at radius 2 is 1.76 bits per heavy atom. The van der Waals surface area contributed by atoms with Gasteiger partial charge in [-0.2, -0.15) is 0 Å². The highest BCUT2D eigenvalue weighted by Crippen LogP contribution is 2.30. The van der Waals surface area contributed by atoms with E-state index in [9.17, 15) is 9.59 Å². The fourth-order valence-electron chi connectivity index (χ4n) is 4.56. The van der Waals surface area contributed by atoms with Crippen molar-refractivity contribution in [3.8, 4) is 5.75 Å². The molecule has 0 aliphatic carbocycles. The van der Waals surface area contributed by atoms with Crippen LogP contribution in [0.5, 0.6) is 5.75 Å². The Hall–Kier alpha value is -3.52. The predicted molar refractivity (Wildman–Crippen MR) is 131 cm³/mol. The molecule has 8 nitrogen and oxygen atoms in total. The highest BCUT2D eigenvalue weighted by Gasteiger charge is 2.34. The molecule has 180 valence electrons. The first-order valence-electron chi connectivity index (χ1n) is 11.6. The van der Waals surface area contributed by atoms with Gasteiger partial charge < -0.3 is 25.0 Å².